The zero-order valence-corrected chi connectivity index (χ0v) is 16.5. The Balaban J connectivity index is 1.67. The van der Waals surface area contributed by atoms with Gasteiger partial charge in [-0.15, -0.1) is 11.3 Å². The van der Waals surface area contributed by atoms with Gasteiger partial charge in [0.25, 0.3) is 5.91 Å². The number of fused-ring (bicyclic) bond motifs is 2. The molecule has 0 aliphatic heterocycles. The number of hydrogen-bond donors (Lipinski definition) is 0. The Labute approximate surface area is 163 Å². The van der Waals surface area contributed by atoms with Crippen molar-refractivity contribution in [2.24, 2.45) is 4.99 Å². The topological polar surface area (TPSA) is 48.8 Å². The van der Waals surface area contributed by atoms with Crippen molar-refractivity contribution >= 4 is 39.5 Å². The molecule has 138 valence electrons. The van der Waals surface area contributed by atoms with Crippen LogP contribution in [-0.2, 0) is 12.8 Å². The molecule has 2 aromatic heterocycles. The Morgan fingerprint density at radius 1 is 1.22 bits per heavy atom. The zero-order valence-electron chi connectivity index (χ0n) is 15.7. The Morgan fingerprint density at radius 2 is 1.93 bits per heavy atom. The molecule has 1 aromatic carbocycles. The van der Waals surface area contributed by atoms with E-state index >= 15 is 0 Å². The first-order chi connectivity index (χ1) is 13.1. The third-order valence-electron chi connectivity index (χ3n) is 5.00. The lowest BCUT2D eigenvalue weighted by molar-refractivity contribution is 0.0817. The molecule has 0 unspecified atom stereocenters. The minimum absolute atomic E-state index is 0.00823. The number of pyridine rings is 1. The Hall–Kier alpha value is -2.73. The summed E-state index contributed by atoms with van der Waals surface area (Å²) < 4.78 is 0. The van der Waals surface area contributed by atoms with Gasteiger partial charge in [-0.25, -0.2) is 4.98 Å². The Kier molecular flexibility index (Phi) is 4.66. The van der Waals surface area contributed by atoms with Crippen LogP contribution in [0, 0.1) is 0 Å². The van der Waals surface area contributed by atoms with Crippen LogP contribution in [0.2, 0.25) is 0 Å². The maximum atomic E-state index is 13.3. The van der Waals surface area contributed by atoms with Crippen LogP contribution in [0.5, 0.6) is 0 Å². The van der Waals surface area contributed by atoms with Crippen molar-refractivity contribution in [1.82, 2.24) is 9.88 Å². The van der Waals surface area contributed by atoms with Gasteiger partial charge in [0.15, 0.2) is 0 Å². The van der Waals surface area contributed by atoms with E-state index in [0.717, 1.165) is 28.7 Å². The fourth-order valence-electron chi connectivity index (χ4n) is 3.72. The highest BCUT2D eigenvalue weighted by atomic mass is 32.1. The van der Waals surface area contributed by atoms with Crippen LogP contribution in [-0.4, -0.2) is 49.3 Å². The van der Waals surface area contributed by atoms with E-state index in [1.54, 1.807) is 24.5 Å². The first kappa shape index (κ1) is 17.7. The van der Waals surface area contributed by atoms with E-state index in [2.05, 4.69) is 34.2 Å². The second-order valence-corrected chi connectivity index (χ2v) is 8.00. The number of carbonyl (C=O) groups excluding carboxylic acids is 1. The number of aliphatic imine (C=N–C) groups is 1. The van der Waals surface area contributed by atoms with Crippen LogP contribution in [0.15, 0.2) is 47.6 Å². The maximum Gasteiger partial charge on any atom is 0.269 e. The number of nitrogens with zero attached hydrogens (tertiary/aromatic N) is 4. The normalized spacial score (nSPS) is 14.0. The van der Waals surface area contributed by atoms with E-state index in [-0.39, 0.29) is 11.9 Å². The molecule has 1 aliphatic carbocycles. The van der Waals surface area contributed by atoms with Crippen LogP contribution in [0.4, 0.5) is 5.69 Å². The Bertz CT molecular complexity index is 999. The number of amides is 1. The third kappa shape index (κ3) is 3.21. The molecule has 27 heavy (non-hydrogen) atoms. The summed E-state index contributed by atoms with van der Waals surface area (Å²) in [6.07, 6.45) is 5.19. The zero-order chi connectivity index (χ0) is 19.0. The number of benzene rings is 1. The molecule has 0 saturated heterocycles. The van der Waals surface area contributed by atoms with Crippen molar-refractivity contribution in [1.29, 1.82) is 0 Å². The molecule has 6 heteroatoms. The summed E-state index contributed by atoms with van der Waals surface area (Å²) in [4.78, 5) is 27.3. The molecule has 0 saturated carbocycles. The monoisotopic (exact) mass is 378 g/mol. The minimum Gasteiger partial charge on any atom is -0.377 e. The predicted octanol–water partition coefficient (Wildman–Crippen LogP) is 3.63. The summed E-state index contributed by atoms with van der Waals surface area (Å²) in [5, 5.41) is 1.01. The van der Waals surface area contributed by atoms with Crippen LogP contribution in [0.25, 0.3) is 10.2 Å². The number of rotatable bonds is 4. The molecule has 1 amide bonds. The van der Waals surface area contributed by atoms with Gasteiger partial charge < -0.3 is 4.90 Å². The molecule has 1 aliphatic rings. The molecule has 5 nitrogen and oxygen atoms in total. The van der Waals surface area contributed by atoms with Gasteiger partial charge in [-0.1, -0.05) is 24.3 Å². The quantitative estimate of drug-likeness (QED) is 0.514. The molecular formula is C21H22N4OS. The largest absolute Gasteiger partial charge is 0.377 e. The van der Waals surface area contributed by atoms with Crippen molar-refractivity contribution in [3.63, 3.8) is 0 Å². The van der Waals surface area contributed by atoms with Crippen molar-refractivity contribution in [3.05, 3.63) is 58.6 Å². The van der Waals surface area contributed by atoms with Crippen LogP contribution in [0.3, 0.4) is 0 Å². The molecule has 0 radical (unpaired) electrons. The number of thiophene rings is 1. The van der Waals surface area contributed by atoms with Gasteiger partial charge in [-0.05, 0) is 36.1 Å². The smallest absolute Gasteiger partial charge is 0.269 e. The summed E-state index contributed by atoms with van der Waals surface area (Å²) >= 11 is 1.44. The van der Waals surface area contributed by atoms with Gasteiger partial charge in [0, 0.05) is 44.5 Å². The summed E-state index contributed by atoms with van der Waals surface area (Å²) in [6.45, 7) is 0. The van der Waals surface area contributed by atoms with Crippen molar-refractivity contribution < 1.29 is 4.79 Å². The van der Waals surface area contributed by atoms with Gasteiger partial charge >= 0.3 is 0 Å². The third-order valence-corrected chi connectivity index (χ3v) is 6.03. The second-order valence-electron chi connectivity index (χ2n) is 6.97. The molecule has 0 fully saturated rings. The van der Waals surface area contributed by atoms with Crippen molar-refractivity contribution in [2.75, 3.05) is 26.0 Å². The lowest BCUT2D eigenvalue weighted by Gasteiger charge is -2.23. The van der Waals surface area contributed by atoms with E-state index in [9.17, 15) is 4.79 Å². The Morgan fingerprint density at radius 3 is 2.56 bits per heavy atom. The van der Waals surface area contributed by atoms with E-state index in [1.165, 1.54) is 22.5 Å². The summed E-state index contributed by atoms with van der Waals surface area (Å²) in [5.41, 5.74) is 3.70. The van der Waals surface area contributed by atoms with E-state index < -0.39 is 0 Å². The van der Waals surface area contributed by atoms with Gasteiger partial charge in [-0.2, -0.15) is 0 Å². The summed E-state index contributed by atoms with van der Waals surface area (Å²) in [7, 11) is 5.71. The van der Waals surface area contributed by atoms with E-state index in [0.29, 0.717) is 4.88 Å². The van der Waals surface area contributed by atoms with E-state index in [1.807, 2.05) is 31.1 Å². The number of hydrogen-bond acceptors (Lipinski definition) is 5. The molecular weight excluding hydrogens is 356 g/mol. The molecule has 0 N–H and O–H groups in total. The van der Waals surface area contributed by atoms with Gasteiger partial charge in [-0.3, -0.25) is 14.7 Å². The average Bonchev–Trinajstić information content (AvgIpc) is 3.28. The highest BCUT2D eigenvalue weighted by Crippen LogP contribution is 2.33. The minimum atomic E-state index is -0.00823. The fourth-order valence-corrected chi connectivity index (χ4v) is 4.68. The molecule has 3 aromatic rings. The predicted molar refractivity (Wildman–Crippen MR) is 112 cm³/mol. The molecule has 2 heterocycles. The van der Waals surface area contributed by atoms with Crippen LogP contribution >= 0.6 is 11.3 Å². The lowest BCUT2D eigenvalue weighted by atomic mass is 10.1. The first-order valence-electron chi connectivity index (χ1n) is 8.96. The fraction of sp³-hybridized carbons (Fsp3) is 0.286. The number of aromatic nitrogens is 1. The first-order valence-corrected chi connectivity index (χ1v) is 9.77. The SMILES string of the molecule is CN=CN(C(=O)c1cc2c(N(C)C)ccnc2s1)C1Cc2ccccc2C1. The molecule has 0 bridgehead atoms. The lowest BCUT2D eigenvalue weighted by Crippen LogP contribution is -2.39. The van der Waals surface area contributed by atoms with E-state index in [4.69, 9.17) is 0 Å². The highest BCUT2D eigenvalue weighted by molar-refractivity contribution is 7.20. The maximum absolute atomic E-state index is 13.3. The molecule has 0 atom stereocenters. The van der Waals surface area contributed by atoms with Gasteiger partial charge in [0.1, 0.15) is 4.83 Å². The molecule has 4 rings (SSSR count). The average molecular weight is 379 g/mol. The highest BCUT2D eigenvalue weighted by Gasteiger charge is 2.30. The van der Waals surface area contributed by atoms with Crippen LogP contribution < -0.4 is 4.90 Å². The summed E-state index contributed by atoms with van der Waals surface area (Å²) in [5.74, 6) is -0.00823. The van der Waals surface area contributed by atoms with Gasteiger partial charge in [0.2, 0.25) is 0 Å². The standard InChI is InChI=1S/C21H22N4OS/c1-22-13-25(16-10-14-6-4-5-7-15(14)11-16)21(26)19-12-17-18(24(2)3)8-9-23-20(17)27-19/h4-9,12-13,16H,10-11H2,1-3H3. The van der Waals surface area contributed by atoms with Crippen LogP contribution in [0.1, 0.15) is 20.8 Å². The number of anilines is 1. The summed E-state index contributed by atoms with van der Waals surface area (Å²) in [6, 6.07) is 12.4. The molecule has 0 spiro atoms. The van der Waals surface area contributed by atoms with Crippen molar-refractivity contribution in [2.45, 2.75) is 18.9 Å². The second kappa shape index (κ2) is 7.12. The van der Waals surface area contributed by atoms with Crippen molar-refractivity contribution in [3.8, 4) is 0 Å². The van der Waals surface area contributed by atoms with Gasteiger partial charge in [0.05, 0.1) is 11.2 Å². The number of carbonyl (C=O) groups is 1.